The van der Waals surface area contributed by atoms with E-state index in [4.69, 9.17) is 5.21 Å². The Morgan fingerprint density at radius 1 is 1.31 bits per heavy atom. The quantitative estimate of drug-likeness (QED) is 0.653. The number of carbonyl (C=O) groups excluding carboxylic acids is 2. The first-order valence-electron chi connectivity index (χ1n) is 8.59. The number of amides is 2. The number of hydrogen-bond donors (Lipinski definition) is 2. The van der Waals surface area contributed by atoms with E-state index in [-0.39, 0.29) is 11.5 Å². The Kier molecular flexibility index (Phi) is 3.98. The Morgan fingerprint density at radius 2 is 2.12 bits per heavy atom. The van der Waals surface area contributed by atoms with Gasteiger partial charge in [0.2, 0.25) is 0 Å². The van der Waals surface area contributed by atoms with Crippen molar-refractivity contribution >= 4 is 11.8 Å². The summed E-state index contributed by atoms with van der Waals surface area (Å²) in [6.45, 7) is 0.866. The van der Waals surface area contributed by atoms with Crippen LogP contribution in [0.2, 0.25) is 0 Å². The lowest BCUT2D eigenvalue weighted by Gasteiger charge is -2.30. The molecule has 1 aliphatic heterocycles. The molecule has 2 amide bonds. The molecule has 0 unspecified atom stereocenters. The molecule has 1 fully saturated rings. The summed E-state index contributed by atoms with van der Waals surface area (Å²) in [7, 11) is 0. The first kappa shape index (κ1) is 16.4. The van der Waals surface area contributed by atoms with Gasteiger partial charge >= 0.3 is 0 Å². The van der Waals surface area contributed by atoms with E-state index in [9.17, 15) is 14.9 Å². The fourth-order valence-electron chi connectivity index (χ4n) is 3.54. The number of fused-ring (bicyclic) bond motifs is 1. The van der Waals surface area contributed by atoms with Crippen LogP contribution in [-0.2, 0) is 13.0 Å². The zero-order valence-electron chi connectivity index (χ0n) is 14.1. The fraction of sp³-hybridized carbons (Fsp3) is 0.316. The number of nitriles is 1. The third-order valence-electron chi connectivity index (χ3n) is 5.05. The molecule has 1 saturated carbocycles. The van der Waals surface area contributed by atoms with E-state index < -0.39 is 5.91 Å². The molecule has 1 aromatic heterocycles. The lowest BCUT2D eigenvalue weighted by Crippen LogP contribution is -2.37. The van der Waals surface area contributed by atoms with Gasteiger partial charge in [-0.15, -0.1) is 0 Å². The van der Waals surface area contributed by atoms with E-state index in [0.717, 1.165) is 24.0 Å². The lowest BCUT2D eigenvalue weighted by molar-refractivity contribution is 0.0701. The molecule has 2 N–H and O–H groups in total. The maximum Gasteiger partial charge on any atom is 0.274 e. The van der Waals surface area contributed by atoms with E-state index in [1.165, 1.54) is 6.07 Å². The van der Waals surface area contributed by atoms with Crippen molar-refractivity contribution in [2.45, 2.75) is 31.8 Å². The summed E-state index contributed by atoms with van der Waals surface area (Å²) in [6, 6.07) is 9.39. The van der Waals surface area contributed by atoms with Gasteiger partial charge in [0.05, 0.1) is 11.6 Å². The van der Waals surface area contributed by atoms with Crippen LogP contribution in [0.5, 0.6) is 0 Å². The largest absolute Gasteiger partial charge is 0.340 e. The topological polar surface area (TPSA) is 98.4 Å². The minimum absolute atomic E-state index is 0.0337. The van der Waals surface area contributed by atoms with Gasteiger partial charge in [0.25, 0.3) is 11.8 Å². The number of rotatable bonds is 3. The van der Waals surface area contributed by atoms with E-state index in [1.54, 1.807) is 16.4 Å². The maximum atomic E-state index is 13.0. The Balaban J connectivity index is 1.63. The van der Waals surface area contributed by atoms with Gasteiger partial charge in [-0.05, 0) is 54.7 Å². The minimum Gasteiger partial charge on any atom is -0.340 e. The summed E-state index contributed by atoms with van der Waals surface area (Å²) >= 11 is 0. The molecule has 2 heterocycles. The highest BCUT2D eigenvalue weighted by Crippen LogP contribution is 2.36. The molecule has 4 rings (SSSR count). The molecule has 0 bridgehead atoms. The van der Waals surface area contributed by atoms with Crippen molar-refractivity contribution in [3.05, 3.63) is 58.4 Å². The molecule has 0 atom stereocenters. The van der Waals surface area contributed by atoms with Gasteiger partial charge in [-0.1, -0.05) is 0 Å². The van der Waals surface area contributed by atoms with Crippen molar-refractivity contribution in [2.75, 3.05) is 6.54 Å². The summed E-state index contributed by atoms with van der Waals surface area (Å²) in [5.41, 5.74) is 4.51. The van der Waals surface area contributed by atoms with Crippen LogP contribution in [0.4, 0.5) is 0 Å². The van der Waals surface area contributed by atoms with Crippen molar-refractivity contribution in [1.29, 1.82) is 5.26 Å². The van der Waals surface area contributed by atoms with Crippen LogP contribution in [-0.4, -0.2) is 33.0 Å². The molecule has 2 aliphatic rings. The van der Waals surface area contributed by atoms with Gasteiger partial charge in [0, 0.05) is 30.9 Å². The number of benzene rings is 1. The molecule has 7 heteroatoms. The fourth-order valence-corrected chi connectivity index (χ4v) is 3.54. The summed E-state index contributed by atoms with van der Waals surface area (Å²) in [4.78, 5) is 26.4. The number of nitrogens with zero attached hydrogens (tertiary/aromatic N) is 3. The van der Waals surface area contributed by atoms with Crippen molar-refractivity contribution in [2.24, 2.45) is 0 Å². The average Bonchev–Trinajstić information content (AvgIpc) is 3.41. The molecule has 0 radical (unpaired) electrons. The highest BCUT2D eigenvalue weighted by molar-refractivity contribution is 5.95. The number of hydroxylamine groups is 1. The van der Waals surface area contributed by atoms with Crippen LogP contribution in [0.1, 0.15) is 56.4 Å². The van der Waals surface area contributed by atoms with Gasteiger partial charge in [0.15, 0.2) is 0 Å². The maximum absolute atomic E-state index is 13.0. The molecule has 2 aromatic rings. The zero-order valence-corrected chi connectivity index (χ0v) is 14.1. The second-order valence-corrected chi connectivity index (χ2v) is 6.72. The van der Waals surface area contributed by atoms with Crippen molar-refractivity contribution in [3.63, 3.8) is 0 Å². The number of hydrogen-bond acceptors (Lipinski definition) is 4. The van der Waals surface area contributed by atoms with Crippen LogP contribution in [0, 0.1) is 11.3 Å². The molecular formula is C19H18N4O3. The van der Waals surface area contributed by atoms with Crippen molar-refractivity contribution < 1.29 is 14.8 Å². The van der Waals surface area contributed by atoms with Gasteiger partial charge in [-0.25, -0.2) is 5.48 Å². The molecule has 1 aliphatic carbocycles. The molecule has 0 saturated heterocycles. The SMILES string of the molecule is N#Cc1cc(C(=O)NO)cc2c1CN(C(=O)c1cccn1C1CC1)CC2. The normalized spacial score (nSPS) is 15.9. The standard InChI is InChI=1S/C19H18N4O3/c20-10-14-9-13(18(24)21-26)8-12-5-7-22(11-16(12)14)19(25)17-2-1-6-23(17)15-3-4-15/h1-2,6,8-9,15,26H,3-5,7,11H2,(H,21,24). The smallest absolute Gasteiger partial charge is 0.274 e. The third kappa shape index (κ3) is 2.74. The monoisotopic (exact) mass is 350 g/mol. The lowest BCUT2D eigenvalue weighted by atomic mass is 9.92. The second-order valence-electron chi connectivity index (χ2n) is 6.72. The summed E-state index contributed by atoms with van der Waals surface area (Å²) in [6.07, 6.45) is 4.72. The number of nitrogens with one attached hydrogen (secondary N) is 1. The molecule has 1 aromatic carbocycles. The summed E-state index contributed by atoms with van der Waals surface area (Å²) < 4.78 is 2.04. The molecule has 7 nitrogen and oxygen atoms in total. The highest BCUT2D eigenvalue weighted by atomic mass is 16.5. The van der Waals surface area contributed by atoms with Crippen LogP contribution in [0.15, 0.2) is 30.5 Å². The molecule has 132 valence electrons. The van der Waals surface area contributed by atoms with Gasteiger partial charge in [0.1, 0.15) is 5.69 Å². The minimum atomic E-state index is -0.648. The molecular weight excluding hydrogens is 332 g/mol. The van der Waals surface area contributed by atoms with Crippen LogP contribution in [0.25, 0.3) is 0 Å². The average molecular weight is 350 g/mol. The van der Waals surface area contributed by atoms with Gasteiger partial charge in [-0.3, -0.25) is 14.8 Å². The predicted molar refractivity (Wildman–Crippen MR) is 91.6 cm³/mol. The Morgan fingerprint density at radius 3 is 2.81 bits per heavy atom. The highest BCUT2D eigenvalue weighted by Gasteiger charge is 2.30. The van der Waals surface area contributed by atoms with Crippen LogP contribution in [0.3, 0.4) is 0 Å². The third-order valence-corrected chi connectivity index (χ3v) is 5.05. The van der Waals surface area contributed by atoms with Crippen LogP contribution >= 0.6 is 0 Å². The predicted octanol–water partition coefficient (Wildman–Crippen LogP) is 2.01. The van der Waals surface area contributed by atoms with Crippen molar-refractivity contribution in [1.82, 2.24) is 14.9 Å². The number of aromatic nitrogens is 1. The summed E-state index contributed by atoms with van der Waals surface area (Å²) in [5.74, 6) is -0.682. The first-order valence-corrected chi connectivity index (χ1v) is 8.59. The molecule has 26 heavy (non-hydrogen) atoms. The Hall–Kier alpha value is -3.11. The second kappa shape index (κ2) is 6.32. The van der Waals surface area contributed by atoms with Gasteiger partial charge in [-0.2, -0.15) is 5.26 Å². The van der Waals surface area contributed by atoms with E-state index in [1.807, 2.05) is 22.9 Å². The zero-order chi connectivity index (χ0) is 18.3. The van der Waals surface area contributed by atoms with Crippen LogP contribution < -0.4 is 5.48 Å². The Bertz CT molecular complexity index is 937. The van der Waals surface area contributed by atoms with E-state index in [2.05, 4.69) is 6.07 Å². The van der Waals surface area contributed by atoms with E-state index in [0.29, 0.717) is 36.8 Å². The van der Waals surface area contributed by atoms with E-state index >= 15 is 0 Å². The number of carbonyl (C=O) groups is 2. The first-order chi connectivity index (χ1) is 12.6. The summed E-state index contributed by atoms with van der Waals surface area (Å²) in [5, 5.41) is 18.3. The Labute approximate surface area is 150 Å². The van der Waals surface area contributed by atoms with Gasteiger partial charge < -0.3 is 9.47 Å². The molecule has 0 spiro atoms. The van der Waals surface area contributed by atoms with Crippen molar-refractivity contribution in [3.8, 4) is 6.07 Å².